The van der Waals surface area contributed by atoms with Gasteiger partial charge in [0.2, 0.25) is 5.91 Å². The summed E-state index contributed by atoms with van der Waals surface area (Å²) in [4.78, 5) is 49.3. The molecular formula is C26H31N3O5. The molecule has 2 N–H and O–H groups in total. The third-order valence-electron chi connectivity index (χ3n) is 5.70. The first kappa shape index (κ1) is 25.0. The van der Waals surface area contributed by atoms with Gasteiger partial charge in [-0.05, 0) is 47.2 Å². The molecule has 8 heteroatoms. The lowest BCUT2D eigenvalue weighted by molar-refractivity contribution is -0.151. The molecule has 8 nitrogen and oxygen atoms in total. The van der Waals surface area contributed by atoms with Crippen molar-refractivity contribution in [3.63, 3.8) is 0 Å². The number of carbonyl (C=O) groups is 4. The van der Waals surface area contributed by atoms with Gasteiger partial charge in [-0.2, -0.15) is 0 Å². The molecule has 0 unspecified atom stereocenters. The van der Waals surface area contributed by atoms with Gasteiger partial charge in [0.15, 0.2) is 6.61 Å². The Morgan fingerprint density at radius 3 is 2.26 bits per heavy atom. The van der Waals surface area contributed by atoms with Gasteiger partial charge in [-0.15, -0.1) is 0 Å². The zero-order valence-electron chi connectivity index (χ0n) is 20.0. The van der Waals surface area contributed by atoms with E-state index in [1.165, 1.54) is 0 Å². The van der Waals surface area contributed by atoms with Crippen molar-refractivity contribution < 1.29 is 23.9 Å². The Balaban J connectivity index is 1.47. The maximum Gasteiger partial charge on any atom is 0.311 e. The minimum Gasteiger partial charge on any atom is -0.455 e. The molecule has 0 bridgehead atoms. The third kappa shape index (κ3) is 6.43. The fourth-order valence-corrected chi connectivity index (χ4v) is 3.56. The Labute approximate surface area is 199 Å². The number of nitrogens with zero attached hydrogens (tertiary/aromatic N) is 1. The van der Waals surface area contributed by atoms with Gasteiger partial charge in [0.25, 0.3) is 11.8 Å². The zero-order valence-corrected chi connectivity index (χ0v) is 20.0. The summed E-state index contributed by atoms with van der Waals surface area (Å²) in [5.41, 5.74) is 5.77. The largest absolute Gasteiger partial charge is 0.455 e. The summed E-state index contributed by atoms with van der Waals surface area (Å²) >= 11 is 0. The van der Waals surface area contributed by atoms with E-state index >= 15 is 0 Å². The fraction of sp³-hybridized carbons (Fsp3) is 0.385. The highest BCUT2D eigenvalue weighted by Gasteiger charge is 2.36. The van der Waals surface area contributed by atoms with E-state index in [0.29, 0.717) is 11.3 Å². The summed E-state index contributed by atoms with van der Waals surface area (Å²) < 4.78 is 5.09. The third-order valence-corrected chi connectivity index (χ3v) is 5.70. The van der Waals surface area contributed by atoms with Crippen molar-refractivity contribution >= 4 is 29.4 Å². The van der Waals surface area contributed by atoms with E-state index in [9.17, 15) is 19.2 Å². The van der Waals surface area contributed by atoms with Crippen LogP contribution in [0.4, 0.5) is 5.69 Å². The van der Waals surface area contributed by atoms with Gasteiger partial charge in [-0.1, -0.05) is 52.0 Å². The lowest BCUT2D eigenvalue weighted by atomic mass is 9.87. The minimum atomic E-state index is -0.757. The van der Waals surface area contributed by atoms with Gasteiger partial charge in [0.1, 0.15) is 0 Å². The van der Waals surface area contributed by atoms with Gasteiger partial charge in [-0.3, -0.25) is 29.6 Å². The Morgan fingerprint density at radius 1 is 1.03 bits per heavy atom. The zero-order chi connectivity index (χ0) is 24.9. The van der Waals surface area contributed by atoms with Crippen LogP contribution in [0, 0.1) is 5.92 Å². The van der Waals surface area contributed by atoms with E-state index in [-0.39, 0.29) is 24.3 Å². The highest BCUT2D eigenvalue weighted by molar-refractivity contribution is 5.97. The molecule has 1 heterocycles. The number of aryl methyl sites for hydroxylation is 1. The number of ether oxygens (including phenoxy) is 1. The molecule has 34 heavy (non-hydrogen) atoms. The number of nitrogens with one attached hydrogen (secondary N) is 2. The van der Waals surface area contributed by atoms with Crippen molar-refractivity contribution in [2.45, 2.75) is 46.0 Å². The van der Waals surface area contributed by atoms with Crippen LogP contribution in [0.1, 0.15) is 55.6 Å². The van der Waals surface area contributed by atoms with Crippen LogP contribution in [0.15, 0.2) is 48.5 Å². The van der Waals surface area contributed by atoms with E-state index in [1.807, 2.05) is 31.2 Å². The number of esters is 1. The normalized spacial score (nSPS) is 15.7. The SMILES string of the molecule is CCc1ccc(NC(=O)COC(=O)[C@@H]2CC(=O)N(NC(=O)c3ccc(C(C)(C)C)cc3)C2)cc1. The van der Waals surface area contributed by atoms with E-state index in [2.05, 4.69) is 31.5 Å². The number of anilines is 1. The van der Waals surface area contributed by atoms with Gasteiger partial charge in [0, 0.05) is 17.7 Å². The van der Waals surface area contributed by atoms with Crippen LogP contribution in [-0.4, -0.2) is 41.9 Å². The predicted octanol–water partition coefficient (Wildman–Crippen LogP) is 3.22. The Kier molecular flexibility index (Phi) is 7.71. The molecule has 1 saturated heterocycles. The minimum absolute atomic E-state index is 0.0103. The Bertz CT molecular complexity index is 1060. The van der Waals surface area contributed by atoms with Gasteiger partial charge >= 0.3 is 5.97 Å². The lowest BCUT2D eigenvalue weighted by Crippen LogP contribution is -2.43. The molecule has 2 aromatic rings. The van der Waals surface area contributed by atoms with E-state index in [0.717, 1.165) is 22.6 Å². The quantitative estimate of drug-likeness (QED) is 0.611. The Morgan fingerprint density at radius 2 is 1.68 bits per heavy atom. The number of hydrogen-bond donors (Lipinski definition) is 2. The predicted molar refractivity (Wildman–Crippen MR) is 128 cm³/mol. The summed E-state index contributed by atoms with van der Waals surface area (Å²) in [5.74, 6) is -2.70. The molecule has 1 atom stereocenters. The second-order valence-electron chi connectivity index (χ2n) is 9.38. The molecule has 0 spiro atoms. The first-order chi connectivity index (χ1) is 16.1. The van der Waals surface area contributed by atoms with Crippen LogP contribution in [-0.2, 0) is 31.0 Å². The summed E-state index contributed by atoms with van der Waals surface area (Å²) in [5, 5.41) is 3.79. The van der Waals surface area contributed by atoms with Crippen LogP contribution in [0.5, 0.6) is 0 Å². The van der Waals surface area contributed by atoms with Crippen molar-refractivity contribution in [2.75, 3.05) is 18.5 Å². The molecule has 0 aliphatic carbocycles. The van der Waals surface area contributed by atoms with Crippen LogP contribution in [0.2, 0.25) is 0 Å². The summed E-state index contributed by atoms with van der Waals surface area (Å²) in [7, 11) is 0. The van der Waals surface area contributed by atoms with Crippen molar-refractivity contribution in [1.82, 2.24) is 10.4 Å². The lowest BCUT2D eigenvalue weighted by Gasteiger charge is -2.20. The number of hydrogen-bond acceptors (Lipinski definition) is 5. The molecule has 180 valence electrons. The van der Waals surface area contributed by atoms with Crippen molar-refractivity contribution in [1.29, 1.82) is 0 Å². The summed E-state index contributed by atoms with van der Waals surface area (Å²) in [6.07, 6.45) is 0.801. The number of benzene rings is 2. The highest BCUT2D eigenvalue weighted by atomic mass is 16.5. The average molecular weight is 466 g/mol. The van der Waals surface area contributed by atoms with Crippen LogP contribution in [0.3, 0.4) is 0 Å². The molecule has 1 fully saturated rings. The summed E-state index contributed by atoms with van der Waals surface area (Å²) in [6.45, 7) is 7.82. The van der Waals surface area contributed by atoms with E-state index < -0.39 is 30.3 Å². The van der Waals surface area contributed by atoms with Crippen molar-refractivity contribution in [2.24, 2.45) is 5.92 Å². The van der Waals surface area contributed by atoms with Gasteiger partial charge in [0.05, 0.1) is 12.5 Å². The van der Waals surface area contributed by atoms with Crippen LogP contribution >= 0.6 is 0 Å². The first-order valence-electron chi connectivity index (χ1n) is 11.3. The molecule has 1 aliphatic rings. The van der Waals surface area contributed by atoms with Gasteiger partial charge in [-0.25, -0.2) is 0 Å². The number of amides is 3. The van der Waals surface area contributed by atoms with E-state index in [4.69, 9.17) is 4.74 Å². The molecule has 0 aromatic heterocycles. The van der Waals surface area contributed by atoms with Crippen molar-refractivity contribution in [3.05, 3.63) is 65.2 Å². The van der Waals surface area contributed by atoms with Crippen LogP contribution < -0.4 is 10.7 Å². The second-order valence-corrected chi connectivity index (χ2v) is 9.38. The van der Waals surface area contributed by atoms with E-state index in [1.54, 1.807) is 24.3 Å². The first-order valence-corrected chi connectivity index (χ1v) is 11.3. The molecular weight excluding hydrogens is 434 g/mol. The second kappa shape index (κ2) is 10.5. The molecule has 1 aliphatic heterocycles. The summed E-state index contributed by atoms with van der Waals surface area (Å²) in [6, 6.07) is 14.6. The molecule has 0 saturated carbocycles. The molecule has 3 rings (SSSR count). The monoisotopic (exact) mass is 465 g/mol. The maximum atomic E-state index is 12.5. The molecule has 3 amide bonds. The van der Waals surface area contributed by atoms with Crippen molar-refractivity contribution in [3.8, 4) is 0 Å². The highest BCUT2D eigenvalue weighted by Crippen LogP contribution is 2.22. The average Bonchev–Trinajstić information content (AvgIpc) is 3.17. The molecule has 0 radical (unpaired) electrons. The Hall–Kier alpha value is -3.68. The smallest absolute Gasteiger partial charge is 0.311 e. The maximum absolute atomic E-state index is 12.5. The van der Waals surface area contributed by atoms with Crippen LogP contribution in [0.25, 0.3) is 0 Å². The standard InChI is InChI=1S/C26H31N3O5/c1-5-17-6-12-21(13-7-17)27-22(30)16-34-25(33)19-14-23(31)29(15-19)28-24(32)18-8-10-20(11-9-18)26(2,3)4/h6-13,19H,5,14-16H2,1-4H3,(H,27,30)(H,28,32)/t19-/m1/s1. The fourth-order valence-electron chi connectivity index (χ4n) is 3.56. The number of rotatable bonds is 7. The number of hydrazine groups is 1. The number of carbonyl (C=O) groups excluding carboxylic acids is 4. The van der Waals surface area contributed by atoms with Gasteiger partial charge < -0.3 is 10.1 Å². The molecule has 2 aromatic carbocycles. The topological polar surface area (TPSA) is 105 Å².